The smallest absolute Gasteiger partial charge is 0.238 e. The maximum absolute atomic E-state index is 5.36. The van der Waals surface area contributed by atoms with E-state index in [0.29, 0.717) is 17.6 Å². The lowest BCUT2D eigenvalue weighted by atomic mass is 9.97. The second-order valence-corrected chi connectivity index (χ2v) is 14.7. The van der Waals surface area contributed by atoms with Crippen LogP contribution >= 0.6 is 11.3 Å². The van der Waals surface area contributed by atoms with E-state index in [9.17, 15) is 0 Å². The Morgan fingerprint density at radius 2 is 0.907 bits per heavy atom. The summed E-state index contributed by atoms with van der Waals surface area (Å²) in [5.41, 5.74) is 8.65. The maximum Gasteiger partial charge on any atom is 0.238 e. The van der Waals surface area contributed by atoms with Gasteiger partial charge in [0.05, 0.1) is 11.0 Å². The van der Waals surface area contributed by atoms with Gasteiger partial charge in [0, 0.05) is 53.0 Å². The Morgan fingerprint density at radius 3 is 1.70 bits per heavy atom. The molecule has 0 atom stereocenters. The SMILES string of the molecule is c1ccc(-c2ccc(-c3nc(-c4ccccc4)nc(-n4c5c(-c6cccc7sc8ccccc8c67)cccc5c5ccc6ccccc6c54)n3)cc2)cc1. The molecule has 0 saturated carbocycles. The first-order valence-corrected chi connectivity index (χ1v) is 18.9. The summed E-state index contributed by atoms with van der Waals surface area (Å²) in [5, 5.41) is 7.16. The first kappa shape index (κ1) is 30.7. The van der Waals surface area contributed by atoms with Crippen LogP contribution in [0, 0.1) is 0 Å². The molecule has 0 radical (unpaired) electrons. The van der Waals surface area contributed by atoms with Crippen LogP contribution in [0.15, 0.2) is 182 Å². The molecule has 11 aromatic rings. The molecule has 4 nitrogen and oxygen atoms in total. The fraction of sp³-hybridized carbons (Fsp3) is 0. The third-order valence-electron chi connectivity index (χ3n) is 10.5. The van der Waals surface area contributed by atoms with E-state index in [-0.39, 0.29) is 0 Å². The summed E-state index contributed by atoms with van der Waals surface area (Å²) in [6.45, 7) is 0. The Balaban J connectivity index is 1.25. The molecule has 11 rings (SSSR count). The Hall–Kier alpha value is -6.95. The molecule has 54 heavy (non-hydrogen) atoms. The van der Waals surface area contributed by atoms with Crippen molar-refractivity contribution >= 4 is 64.1 Å². The zero-order valence-electron chi connectivity index (χ0n) is 29.0. The highest BCUT2D eigenvalue weighted by Crippen LogP contribution is 2.45. The number of aromatic nitrogens is 4. The zero-order chi connectivity index (χ0) is 35.6. The van der Waals surface area contributed by atoms with Crippen molar-refractivity contribution in [3.63, 3.8) is 0 Å². The van der Waals surface area contributed by atoms with E-state index in [1.807, 2.05) is 35.6 Å². The van der Waals surface area contributed by atoms with Crippen molar-refractivity contribution < 1.29 is 0 Å². The summed E-state index contributed by atoms with van der Waals surface area (Å²) >= 11 is 1.84. The standard InChI is InChI=1S/C49H30N4S/c1-3-13-31(14-4-1)32-25-27-35(28-26-32)48-50-47(34-16-5-2-6-17-34)51-49(52-48)53-45-36-18-8-7-15-33(36)29-30-40(45)39-22-11-21-38(46(39)53)37-20-12-24-43-44(37)41-19-9-10-23-42(41)54-43/h1-30H. The highest BCUT2D eigenvalue weighted by molar-refractivity contribution is 7.25. The average molecular weight is 707 g/mol. The number of rotatable bonds is 5. The molecule has 0 fully saturated rings. The van der Waals surface area contributed by atoms with Crippen LogP contribution in [0.3, 0.4) is 0 Å². The van der Waals surface area contributed by atoms with E-state index in [2.05, 4.69) is 162 Å². The van der Waals surface area contributed by atoms with Crippen LogP contribution in [0.4, 0.5) is 0 Å². The number of para-hydroxylation sites is 1. The largest absolute Gasteiger partial charge is 0.277 e. The van der Waals surface area contributed by atoms with Crippen LogP contribution in [-0.2, 0) is 0 Å². The quantitative estimate of drug-likeness (QED) is 0.179. The van der Waals surface area contributed by atoms with Gasteiger partial charge >= 0.3 is 0 Å². The first-order valence-electron chi connectivity index (χ1n) is 18.1. The molecule has 8 aromatic carbocycles. The van der Waals surface area contributed by atoms with Crippen molar-refractivity contribution in [1.82, 2.24) is 19.5 Å². The topological polar surface area (TPSA) is 43.6 Å². The van der Waals surface area contributed by atoms with Crippen molar-refractivity contribution in [1.29, 1.82) is 0 Å². The summed E-state index contributed by atoms with van der Waals surface area (Å²) in [7, 11) is 0. The molecule has 0 N–H and O–H groups in total. The summed E-state index contributed by atoms with van der Waals surface area (Å²) in [6.07, 6.45) is 0. The van der Waals surface area contributed by atoms with Gasteiger partial charge in [-0.1, -0.05) is 170 Å². The minimum atomic E-state index is 0.581. The molecule has 0 saturated heterocycles. The Labute approximate surface area is 315 Å². The van der Waals surface area contributed by atoms with Crippen molar-refractivity contribution in [3.8, 4) is 51.0 Å². The van der Waals surface area contributed by atoms with Gasteiger partial charge in [-0.05, 0) is 34.2 Å². The molecule has 0 aliphatic carbocycles. The summed E-state index contributed by atoms with van der Waals surface area (Å²) in [6, 6.07) is 64.4. The first-order chi connectivity index (χ1) is 26.8. The minimum absolute atomic E-state index is 0.581. The lowest BCUT2D eigenvalue weighted by Gasteiger charge is -2.14. The third-order valence-corrected chi connectivity index (χ3v) is 11.6. The van der Waals surface area contributed by atoms with E-state index in [0.717, 1.165) is 54.8 Å². The molecule has 0 unspecified atom stereocenters. The molecule has 252 valence electrons. The number of fused-ring (bicyclic) bond motifs is 8. The van der Waals surface area contributed by atoms with Gasteiger partial charge in [0.25, 0.3) is 0 Å². The van der Waals surface area contributed by atoms with Gasteiger partial charge in [0.2, 0.25) is 5.95 Å². The second kappa shape index (κ2) is 12.3. The molecule has 3 aromatic heterocycles. The van der Waals surface area contributed by atoms with E-state index in [1.165, 1.54) is 31.3 Å². The van der Waals surface area contributed by atoms with E-state index in [1.54, 1.807) is 0 Å². The second-order valence-electron chi connectivity index (χ2n) is 13.6. The van der Waals surface area contributed by atoms with E-state index in [4.69, 9.17) is 15.0 Å². The van der Waals surface area contributed by atoms with Gasteiger partial charge in [-0.3, -0.25) is 4.57 Å². The Bertz CT molecular complexity index is 3200. The molecule has 0 amide bonds. The molecule has 0 aliphatic heterocycles. The van der Waals surface area contributed by atoms with Gasteiger partial charge in [0.1, 0.15) is 0 Å². The van der Waals surface area contributed by atoms with Crippen molar-refractivity contribution in [2.24, 2.45) is 0 Å². The molecule has 3 heterocycles. The fourth-order valence-electron chi connectivity index (χ4n) is 8.00. The van der Waals surface area contributed by atoms with Crippen molar-refractivity contribution in [2.45, 2.75) is 0 Å². The zero-order valence-corrected chi connectivity index (χ0v) is 29.8. The molecule has 0 aliphatic rings. The average Bonchev–Trinajstić information content (AvgIpc) is 3.81. The van der Waals surface area contributed by atoms with Crippen LogP contribution in [0.2, 0.25) is 0 Å². The highest BCUT2D eigenvalue weighted by atomic mass is 32.1. The molecule has 5 heteroatoms. The number of thiophene rings is 1. The number of nitrogens with zero attached hydrogens (tertiary/aromatic N) is 4. The van der Waals surface area contributed by atoms with Crippen LogP contribution in [0.5, 0.6) is 0 Å². The predicted octanol–water partition coefficient (Wildman–Crippen LogP) is 13.2. The molecule has 0 spiro atoms. The van der Waals surface area contributed by atoms with Crippen LogP contribution in [0.1, 0.15) is 0 Å². The summed E-state index contributed by atoms with van der Waals surface area (Å²) in [5.74, 6) is 1.83. The lowest BCUT2D eigenvalue weighted by molar-refractivity contribution is 0.955. The Kier molecular flexibility index (Phi) is 7.00. The molecular formula is C49H30N4S. The molecular weight excluding hydrogens is 677 g/mol. The van der Waals surface area contributed by atoms with Crippen LogP contribution in [0.25, 0.3) is 104 Å². The van der Waals surface area contributed by atoms with Gasteiger partial charge < -0.3 is 0 Å². The van der Waals surface area contributed by atoms with E-state index >= 15 is 0 Å². The van der Waals surface area contributed by atoms with Gasteiger partial charge in [-0.15, -0.1) is 11.3 Å². The van der Waals surface area contributed by atoms with Gasteiger partial charge in [0.15, 0.2) is 11.6 Å². The van der Waals surface area contributed by atoms with Gasteiger partial charge in [-0.25, -0.2) is 4.98 Å². The fourth-order valence-corrected chi connectivity index (χ4v) is 9.13. The summed E-state index contributed by atoms with van der Waals surface area (Å²) in [4.78, 5) is 15.8. The predicted molar refractivity (Wildman–Crippen MR) is 226 cm³/mol. The van der Waals surface area contributed by atoms with E-state index < -0.39 is 0 Å². The number of benzene rings is 8. The lowest BCUT2D eigenvalue weighted by Crippen LogP contribution is -2.07. The number of hydrogen-bond acceptors (Lipinski definition) is 4. The van der Waals surface area contributed by atoms with Crippen LogP contribution in [-0.4, -0.2) is 19.5 Å². The van der Waals surface area contributed by atoms with Crippen LogP contribution < -0.4 is 0 Å². The maximum atomic E-state index is 5.36. The van der Waals surface area contributed by atoms with Crippen molar-refractivity contribution in [2.75, 3.05) is 0 Å². The normalized spacial score (nSPS) is 11.7. The third kappa shape index (κ3) is 4.86. The van der Waals surface area contributed by atoms with Gasteiger partial charge in [-0.2, -0.15) is 9.97 Å². The summed E-state index contributed by atoms with van der Waals surface area (Å²) < 4.78 is 4.85. The monoisotopic (exact) mass is 706 g/mol. The minimum Gasteiger partial charge on any atom is -0.277 e. The highest BCUT2D eigenvalue weighted by Gasteiger charge is 2.23. The Morgan fingerprint density at radius 1 is 0.352 bits per heavy atom. The molecule has 0 bridgehead atoms. The number of hydrogen-bond donors (Lipinski definition) is 0. The van der Waals surface area contributed by atoms with Crippen molar-refractivity contribution in [3.05, 3.63) is 182 Å².